The molecule has 1 amide bonds. The Morgan fingerprint density at radius 2 is 1.67 bits per heavy atom. The molecule has 0 bridgehead atoms. The normalized spacial score (nSPS) is 16.6. The van der Waals surface area contributed by atoms with E-state index in [2.05, 4.69) is 5.32 Å². The minimum absolute atomic E-state index is 0.0578. The zero-order valence-corrected chi connectivity index (χ0v) is 18.1. The molecule has 1 N–H and O–H groups in total. The van der Waals surface area contributed by atoms with Crippen molar-refractivity contribution >= 4 is 15.9 Å². The van der Waals surface area contributed by atoms with Gasteiger partial charge in [0.1, 0.15) is 18.1 Å². The molecule has 2 aromatic carbocycles. The minimum atomic E-state index is -3.51. The fraction of sp³-hybridized carbons (Fsp3) is 0.409. The monoisotopic (exact) mass is 432 g/mol. The predicted octanol–water partition coefficient (Wildman–Crippen LogP) is 2.68. The first-order valence-electron chi connectivity index (χ1n) is 10.0. The van der Waals surface area contributed by atoms with E-state index in [1.165, 1.54) is 4.31 Å². The van der Waals surface area contributed by atoms with Gasteiger partial charge in [0, 0.05) is 19.0 Å². The lowest BCUT2D eigenvalue weighted by Crippen LogP contribution is -2.45. The van der Waals surface area contributed by atoms with Crippen LogP contribution in [0.1, 0.15) is 19.8 Å². The van der Waals surface area contributed by atoms with Gasteiger partial charge in [-0.2, -0.15) is 4.31 Å². The molecule has 0 spiro atoms. The van der Waals surface area contributed by atoms with E-state index < -0.39 is 10.0 Å². The van der Waals surface area contributed by atoms with E-state index in [4.69, 9.17) is 9.47 Å². The number of nitrogens with one attached hydrogen (secondary N) is 1. The van der Waals surface area contributed by atoms with Gasteiger partial charge in [0.15, 0.2) is 0 Å². The first-order chi connectivity index (χ1) is 14.4. The number of piperidine rings is 1. The topological polar surface area (TPSA) is 84.9 Å². The lowest BCUT2D eigenvalue weighted by Gasteiger charge is -2.31. The molecule has 1 heterocycles. The lowest BCUT2D eigenvalue weighted by molar-refractivity contribution is -0.126. The van der Waals surface area contributed by atoms with E-state index in [1.807, 2.05) is 31.2 Å². The van der Waals surface area contributed by atoms with Crippen molar-refractivity contribution in [1.82, 2.24) is 9.62 Å². The fourth-order valence-electron chi connectivity index (χ4n) is 3.40. The Hall–Kier alpha value is -2.58. The molecule has 162 valence electrons. The van der Waals surface area contributed by atoms with Crippen molar-refractivity contribution in [2.75, 3.05) is 26.8 Å². The van der Waals surface area contributed by atoms with Crippen LogP contribution in [0, 0.1) is 5.92 Å². The third-order valence-corrected chi connectivity index (χ3v) is 7.07. The SMILES string of the molecule is COc1ccc(OCC(C)NC(=O)C2CCN(S(=O)(=O)c3ccccc3)CC2)cc1. The summed E-state index contributed by atoms with van der Waals surface area (Å²) < 4.78 is 37.7. The Morgan fingerprint density at radius 3 is 2.27 bits per heavy atom. The van der Waals surface area contributed by atoms with Crippen LogP contribution in [0.5, 0.6) is 11.5 Å². The molecule has 8 heteroatoms. The summed E-state index contributed by atoms with van der Waals surface area (Å²) in [7, 11) is -1.90. The van der Waals surface area contributed by atoms with Crippen molar-refractivity contribution in [1.29, 1.82) is 0 Å². The van der Waals surface area contributed by atoms with Gasteiger partial charge >= 0.3 is 0 Å². The number of hydrogen-bond acceptors (Lipinski definition) is 5. The Balaban J connectivity index is 1.45. The second kappa shape index (κ2) is 9.95. The molecule has 1 atom stereocenters. The molecule has 1 aliphatic rings. The summed E-state index contributed by atoms with van der Waals surface area (Å²) in [5, 5.41) is 2.97. The van der Waals surface area contributed by atoms with Gasteiger partial charge in [-0.15, -0.1) is 0 Å². The van der Waals surface area contributed by atoms with Crippen LogP contribution in [0.4, 0.5) is 0 Å². The van der Waals surface area contributed by atoms with Crippen molar-refractivity contribution in [2.24, 2.45) is 5.92 Å². The van der Waals surface area contributed by atoms with Gasteiger partial charge in [0.25, 0.3) is 0 Å². The number of nitrogens with zero attached hydrogens (tertiary/aromatic N) is 1. The highest BCUT2D eigenvalue weighted by molar-refractivity contribution is 7.89. The van der Waals surface area contributed by atoms with Gasteiger partial charge in [0.2, 0.25) is 15.9 Å². The summed E-state index contributed by atoms with van der Waals surface area (Å²) in [6.07, 6.45) is 1.01. The second-order valence-corrected chi connectivity index (χ2v) is 9.33. The van der Waals surface area contributed by atoms with E-state index >= 15 is 0 Å². The highest BCUT2D eigenvalue weighted by Crippen LogP contribution is 2.24. The lowest BCUT2D eigenvalue weighted by atomic mass is 9.97. The Kier molecular flexibility index (Phi) is 7.33. The molecule has 0 aromatic heterocycles. The minimum Gasteiger partial charge on any atom is -0.497 e. The maximum Gasteiger partial charge on any atom is 0.243 e. The highest BCUT2D eigenvalue weighted by atomic mass is 32.2. The number of hydrogen-bond donors (Lipinski definition) is 1. The molecule has 2 aromatic rings. The second-order valence-electron chi connectivity index (χ2n) is 7.39. The van der Waals surface area contributed by atoms with Gasteiger partial charge in [0.05, 0.1) is 18.0 Å². The number of methoxy groups -OCH3 is 1. The molecule has 30 heavy (non-hydrogen) atoms. The summed E-state index contributed by atoms with van der Waals surface area (Å²) in [5.41, 5.74) is 0. The van der Waals surface area contributed by atoms with E-state index in [0.717, 1.165) is 5.75 Å². The Bertz CT molecular complexity index is 924. The average Bonchev–Trinajstić information content (AvgIpc) is 2.78. The van der Waals surface area contributed by atoms with E-state index in [-0.39, 0.29) is 22.8 Å². The van der Waals surface area contributed by atoms with E-state index in [9.17, 15) is 13.2 Å². The van der Waals surface area contributed by atoms with Gasteiger partial charge in [-0.25, -0.2) is 8.42 Å². The van der Waals surface area contributed by atoms with Crippen LogP contribution in [-0.2, 0) is 14.8 Å². The molecule has 1 unspecified atom stereocenters. The van der Waals surface area contributed by atoms with E-state index in [1.54, 1.807) is 37.4 Å². The number of sulfonamides is 1. The van der Waals surface area contributed by atoms with Crippen molar-refractivity contribution in [2.45, 2.75) is 30.7 Å². The number of carbonyl (C=O) groups is 1. The number of rotatable bonds is 8. The van der Waals surface area contributed by atoms with Crippen LogP contribution in [0.15, 0.2) is 59.5 Å². The van der Waals surface area contributed by atoms with Crippen LogP contribution in [-0.4, -0.2) is 51.5 Å². The molecule has 0 saturated carbocycles. The maximum absolute atomic E-state index is 12.7. The van der Waals surface area contributed by atoms with Crippen molar-refractivity contribution in [3.63, 3.8) is 0 Å². The predicted molar refractivity (Wildman–Crippen MR) is 114 cm³/mol. The molecule has 3 rings (SSSR count). The zero-order chi connectivity index (χ0) is 21.6. The molecule has 1 aliphatic heterocycles. The first-order valence-corrected chi connectivity index (χ1v) is 11.5. The van der Waals surface area contributed by atoms with Crippen LogP contribution in [0.2, 0.25) is 0 Å². The Morgan fingerprint density at radius 1 is 1.07 bits per heavy atom. The third kappa shape index (κ3) is 5.52. The highest BCUT2D eigenvalue weighted by Gasteiger charge is 2.32. The summed E-state index contributed by atoms with van der Waals surface area (Å²) in [6.45, 7) is 2.91. The van der Waals surface area contributed by atoms with Crippen LogP contribution >= 0.6 is 0 Å². The average molecular weight is 433 g/mol. The standard InChI is InChI=1S/C22H28N2O5S/c1-17(16-29-20-10-8-19(28-2)9-11-20)23-22(25)18-12-14-24(15-13-18)30(26,27)21-6-4-3-5-7-21/h3-11,17-18H,12-16H2,1-2H3,(H,23,25). The molecule has 0 aliphatic carbocycles. The number of ether oxygens (including phenoxy) is 2. The molecule has 1 saturated heterocycles. The summed E-state index contributed by atoms with van der Waals surface area (Å²) in [6, 6.07) is 15.5. The fourth-order valence-corrected chi connectivity index (χ4v) is 4.89. The molecular formula is C22H28N2O5S. The van der Waals surface area contributed by atoms with Gasteiger partial charge in [-0.3, -0.25) is 4.79 Å². The number of carbonyl (C=O) groups excluding carboxylic acids is 1. The maximum atomic E-state index is 12.7. The molecule has 7 nitrogen and oxygen atoms in total. The van der Waals surface area contributed by atoms with Gasteiger partial charge in [-0.1, -0.05) is 18.2 Å². The first kappa shape index (κ1) is 22.1. The molecule has 0 radical (unpaired) electrons. The van der Waals surface area contributed by atoms with Gasteiger partial charge < -0.3 is 14.8 Å². The van der Waals surface area contributed by atoms with Crippen LogP contribution in [0.3, 0.4) is 0 Å². The van der Waals surface area contributed by atoms with Crippen molar-refractivity contribution in [3.05, 3.63) is 54.6 Å². The Labute approximate surface area is 178 Å². The van der Waals surface area contributed by atoms with Crippen LogP contribution < -0.4 is 14.8 Å². The zero-order valence-electron chi connectivity index (χ0n) is 17.3. The molecular weight excluding hydrogens is 404 g/mol. The largest absolute Gasteiger partial charge is 0.497 e. The van der Waals surface area contributed by atoms with Crippen molar-refractivity contribution < 1.29 is 22.7 Å². The summed E-state index contributed by atoms with van der Waals surface area (Å²) >= 11 is 0. The molecule has 1 fully saturated rings. The summed E-state index contributed by atoms with van der Waals surface area (Å²) in [5.74, 6) is 1.20. The quantitative estimate of drug-likeness (QED) is 0.693. The van der Waals surface area contributed by atoms with Crippen LogP contribution in [0.25, 0.3) is 0 Å². The van der Waals surface area contributed by atoms with Crippen molar-refractivity contribution in [3.8, 4) is 11.5 Å². The number of amides is 1. The smallest absolute Gasteiger partial charge is 0.243 e. The number of benzene rings is 2. The van der Waals surface area contributed by atoms with Gasteiger partial charge in [-0.05, 0) is 56.2 Å². The third-order valence-electron chi connectivity index (χ3n) is 5.15. The van der Waals surface area contributed by atoms with E-state index in [0.29, 0.717) is 38.3 Å². The summed E-state index contributed by atoms with van der Waals surface area (Å²) in [4.78, 5) is 12.9.